The number of rotatable bonds is 2. The van der Waals surface area contributed by atoms with E-state index in [-0.39, 0.29) is 11.1 Å². The zero-order chi connectivity index (χ0) is 21.0. The number of aromatic amines is 2. The Morgan fingerprint density at radius 2 is 1.17 bits per heavy atom. The highest BCUT2D eigenvalue weighted by Gasteiger charge is 2.53. The van der Waals surface area contributed by atoms with Crippen molar-refractivity contribution >= 4 is 5.78 Å². The molecular formula is C23H18N2O5. The molecule has 7 heteroatoms. The average molecular weight is 402 g/mol. The van der Waals surface area contributed by atoms with Crippen LogP contribution in [-0.4, -0.2) is 38.2 Å². The first-order valence-corrected chi connectivity index (χ1v) is 9.60. The second kappa shape index (κ2) is 6.76. The molecule has 4 N–H and O–H groups in total. The average Bonchev–Trinajstić information content (AvgIpc) is 3.07. The van der Waals surface area contributed by atoms with E-state index in [9.17, 15) is 24.6 Å². The lowest BCUT2D eigenvalue weighted by Gasteiger charge is -2.18. The van der Waals surface area contributed by atoms with Crippen LogP contribution < -0.4 is 11.1 Å². The van der Waals surface area contributed by atoms with E-state index >= 15 is 0 Å². The molecule has 7 nitrogen and oxygen atoms in total. The number of hydrogen-bond acceptors (Lipinski definition) is 5. The fourth-order valence-corrected chi connectivity index (χ4v) is 4.61. The third kappa shape index (κ3) is 2.56. The van der Waals surface area contributed by atoms with Crippen LogP contribution in [0.25, 0.3) is 22.5 Å². The van der Waals surface area contributed by atoms with Gasteiger partial charge in [-0.15, -0.1) is 0 Å². The molecule has 150 valence electrons. The molecule has 4 unspecified atom stereocenters. The fourth-order valence-electron chi connectivity index (χ4n) is 4.61. The Kier molecular flexibility index (Phi) is 4.16. The minimum atomic E-state index is -1.61. The Bertz CT molecular complexity index is 1320. The van der Waals surface area contributed by atoms with E-state index in [0.29, 0.717) is 22.5 Å². The van der Waals surface area contributed by atoms with Crippen molar-refractivity contribution in [2.24, 2.45) is 0 Å². The van der Waals surface area contributed by atoms with Crippen LogP contribution in [0.1, 0.15) is 23.0 Å². The van der Waals surface area contributed by atoms with Crippen molar-refractivity contribution in [1.29, 1.82) is 0 Å². The molecule has 2 aliphatic heterocycles. The summed E-state index contributed by atoms with van der Waals surface area (Å²) in [6.45, 7) is 0. The predicted molar refractivity (Wildman–Crippen MR) is 110 cm³/mol. The topological polar surface area (TPSA) is 123 Å². The number of fused-ring (bicyclic) bond motifs is 2. The molecule has 0 aromatic heterocycles. The third-order valence-corrected chi connectivity index (χ3v) is 5.93. The van der Waals surface area contributed by atoms with Crippen molar-refractivity contribution < 1.29 is 15.0 Å². The second-order valence-corrected chi connectivity index (χ2v) is 7.55. The SMILES string of the molecule is O=C1C(O)C(c2c3cccccc-3[nH]c2=O)C(O)C1c1c2cccccc-2[nH]c1=O. The van der Waals surface area contributed by atoms with Crippen LogP contribution in [0.15, 0.2) is 70.3 Å². The van der Waals surface area contributed by atoms with Gasteiger partial charge in [0, 0.05) is 33.6 Å². The molecule has 3 aliphatic carbocycles. The van der Waals surface area contributed by atoms with Gasteiger partial charge in [-0.05, 0) is 12.1 Å². The lowest BCUT2D eigenvalue weighted by molar-refractivity contribution is -0.126. The second-order valence-electron chi connectivity index (χ2n) is 7.55. The molecule has 0 saturated heterocycles. The number of carbonyl (C=O) groups excluding carboxylic acids is 1. The maximum Gasteiger partial charge on any atom is 0.253 e. The molecule has 30 heavy (non-hydrogen) atoms. The summed E-state index contributed by atoms with van der Waals surface area (Å²) in [7, 11) is 0. The highest BCUT2D eigenvalue weighted by atomic mass is 16.3. The molecule has 5 aliphatic rings. The summed E-state index contributed by atoms with van der Waals surface area (Å²) in [5.74, 6) is -3.06. The van der Waals surface area contributed by atoms with Crippen LogP contribution in [0.3, 0.4) is 0 Å². The minimum Gasteiger partial charge on any atom is -0.391 e. The van der Waals surface area contributed by atoms with Gasteiger partial charge in [0.15, 0.2) is 5.78 Å². The Hall–Kier alpha value is -3.55. The smallest absolute Gasteiger partial charge is 0.253 e. The Morgan fingerprint density at radius 1 is 0.667 bits per heavy atom. The van der Waals surface area contributed by atoms with Crippen molar-refractivity contribution in [2.75, 3.05) is 0 Å². The number of ketones is 1. The number of Topliss-reactive ketones (excluding diaryl/α,β-unsaturated/α-hetero) is 1. The van der Waals surface area contributed by atoms with Gasteiger partial charge >= 0.3 is 0 Å². The van der Waals surface area contributed by atoms with Gasteiger partial charge in [0.1, 0.15) is 6.10 Å². The van der Waals surface area contributed by atoms with Gasteiger partial charge in [0.25, 0.3) is 11.1 Å². The number of nitrogens with one attached hydrogen (secondary N) is 2. The first-order chi connectivity index (χ1) is 14.5. The predicted octanol–water partition coefficient (Wildman–Crippen LogP) is 1.44. The van der Waals surface area contributed by atoms with Gasteiger partial charge in [0.2, 0.25) is 0 Å². The molecule has 0 spiro atoms. The van der Waals surface area contributed by atoms with E-state index in [1.165, 1.54) is 0 Å². The molecule has 1 saturated carbocycles. The number of H-pyrrole nitrogens is 2. The van der Waals surface area contributed by atoms with E-state index in [1.54, 1.807) is 60.7 Å². The highest BCUT2D eigenvalue weighted by molar-refractivity contribution is 5.96. The maximum atomic E-state index is 13.0. The van der Waals surface area contributed by atoms with Gasteiger partial charge in [-0.2, -0.15) is 0 Å². The van der Waals surface area contributed by atoms with E-state index in [1.807, 2.05) is 0 Å². The van der Waals surface area contributed by atoms with E-state index in [2.05, 4.69) is 9.97 Å². The van der Waals surface area contributed by atoms with Crippen molar-refractivity contribution in [3.8, 4) is 22.5 Å². The van der Waals surface area contributed by atoms with Crippen molar-refractivity contribution in [3.05, 3.63) is 92.5 Å². The molecule has 0 bridgehead atoms. The van der Waals surface area contributed by atoms with E-state index in [4.69, 9.17) is 0 Å². The molecule has 0 amide bonds. The van der Waals surface area contributed by atoms with Crippen LogP contribution >= 0.6 is 0 Å². The summed E-state index contributed by atoms with van der Waals surface area (Å²) in [5.41, 5.74) is 1.39. The quantitative estimate of drug-likeness (QED) is 0.404. The van der Waals surface area contributed by atoms with Gasteiger partial charge in [0.05, 0.1) is 17.9 Å². The number of aliphatic hydroxyl groups is 2. The summed E-state index contributed by atoms with van der Waals surface area (Å²) in [6, 6.07) is 17.3. The third-order valence-electron chi connectivity index (χ3n) is 5.93. The zero-order valence-corrected chi connectivity index (χ0v) is 15.7. The zero-order valence-electron chi connectivity index (χ0n) is 15.7. The molecule has 4 atom stereocenters. The van der Waals surface area contributed by atoms with E-state index in [0.717, 1.165) is 0 Å². The molecule has 5 rings (SSSR count). The molecule has 2 heterocycles. The summed E-state index contributed by atoms with van der Waals surface area (Å²) in [4.78, 5) is 43.8. The van der Waals surface area contributed by atoms with Crippen molar-refractivity contribution in [3.63, 3.8) is 0 Å². The van der Waals surface area contributed by atoms with Crippen LogP contribution in [0.5, 0.6) is 0 Å². The summed E-state index contributed by atoms with van der Waals surface area (Å²) in [6.07, 6.45) is -3.04. The summed E-state index contributed by atoms with van der Waals surface area (Å²) < 4.78 is 0. The van der Waals surface area contributed by atoms with Crippen molar-refractivity contribution in [2.45, 2.75) is 24.0 Å². The normalized spacial score (nSPS) is 24.0. The Morgan fingerprint density at radius 3 is 1.77 bits per heavy atom. The van der Waals surface area contributed by atoms with Crippen LogP contribution in [0.4, 0.5) is 0 Å². The Labute approximate surface area is 170 Å². The van der Waals surface area contributed by atoms with Crippen LogP contribution in [0, 0.1) is 0 Å². The number of hydrogen-bond donors (Lipinski definition) is 4. The number of carbonyl (C=O) groups is 1. The maximum absolute atomic E-state index is 13.0. The first-order valence-electron chi connectivity index (χ1n) is 9.60. The number of aliphatic hydroxyl groups excluding tert-OH is 2. The lowest BCUT2D eigenvalue weighted by atomic mass is 9.87. The fraction of sp³-hybridized carbons (Fsp3) is 0.174. The highest BCUT2D eigenvalue weighted by Crippen LogP contribution is 2.45. The van der Waals surface area contributed by atoms with Crippen LogP contribution in [-0.2, 0) is 4.79 Å². The van der Waals surface area contributed by atoms with Gasteiger partial charge in [-0.25, -0.2) is 0 Å². The summed E-state index contributed by atoms with van der Waals surface area (Å²) >= 11 is 0. The minimum absolute atomic E-state index is 0.109. The largest absolute Gasteiger partial charge is 0.391 e. The number of aromatic nitrogens is 2. The van der Waals surface area contributed by atoms with Gasteiger partial charge < -0.3 is 20.2 Å². The van der Waals surface area contributed by atoms with Crippen LogP contribution in [0.2, 0.25) is 0 Å². The van der Waals surface area contributed by atoms with Gasteiger partial charge in [-0.3, -0.25) is 14.4 Å². The van der Waals surface area contributed by atoms with Gasteiger partial charge in [-0.1, -0.05) is 48.5 Å². The monoisotopic (exact) mass is 402 g/mol. The van der Waals surface area contributed by atoms with E-state index < -0.39 is 40.9 Å². The molecule has 0 aromatic rings. The van der Waals surface area contributed by atoms with Crippen molar-refractivity contribution in [1.82, 2.24) is 9.97 Å². The standard InChI is InChI=1S/C23H18N2O5/c26-19-17(15-11-7-3-1-5-9-13(11)24-22(15)29)20(27)21(28)18(19)16-12-8-4-2-6-10-14(12)25-23(16)30/h1-10,17-20,26-27H,(H,24,29)(H,25,30). The Balaban J connectivity index is 1.67. The molecule has 1 fully saturated rings. The molecule has 0 aromatic carbocycles. The lowest BCUT2D eigenvalue weighted by Crippen LogP contribution is -2.28. The summed E-state index contributed by atoms with van der Waals surface area (Å²) in [5, 5.41) is 21.9. The first kappa shape index (κ1) is 18.5. The molecular weight excluding hydrogens is 384 g/mol. The molecule has 0 radical (unpaired) electrons.